The summed E-state index contributed by atoms with van der Waals surface area (Å²) in [5, 5.41) is 11.8. The molecular weight excluding hydrogens is 1020 g/mol. The van der Waals surface area contributed by atoms with Gasteiger partial charge < -0.3 is 33.3 Å². The molecule has 0 amide bonds. The third kappa shape index (κ3) is 65.8. The first-order valence-electron chi connectivity index (χ1n) is 36.7. The molecule has 82 heavy (non-hydrogen) atoms. The summed E-state index contributed by atoms with van der Waals surface area (Å²) in [5.74, 6) is -2.24. The molecule has 2 atom stereocenters. The number of carboxylic acid groups (broad SMARTS) is 1. The van der Waals surface area contributed by atoms with Gasteiger partial charge in [0.15, 0.2) is 12.4 Å². The lowest BCUT2D eigenvalue weighted by Crippen LogP contribution is -2.44. The van der Waals surface area contributed by atoms with Crippen molar-refractivity contribution in [2.24, 2.45) is 0 Å². The van der Waals surface area contributed by atoms with Crippen LogP contribution in [0, 0.1) is 0 Å². The highest BCUT2D eigenvalue weighted by Gasteiger charge is 2.22. The van der Waals surface area contributed by atoms with Gasteiger partial charge in [-0.05, 0) is 12.8 Å². The molecule has 0 rings (SSSR count). The summed E-state index contributed by atoms with van der Waals surface area (Å²) in [7, 11) is 5.95. The number of hydrogen-bond donors (Lipinski definition) is 0. The van der Waals surface area contributed by atoms with Crippen LogP contribution < -0.4 is 5.11 Å². The first kappa shape index (κ1) is 80.3. The van der Waals surface area contributed by atoms with Crippen molar-refractivity contribution in [2.75, 3.05) is 47.5 Å². The molecule has 0 radical (unpaired) electrons. The monoisotopic (exact) mass is 1160 g/mol. The summed E-state index contributed by atoms with van der Waals surface area (Å²) in [6.45, 7) is 4.85. The summed E-state index contributed by atoms with van der Waals surface area (Å²) in [4.78, 5) is 37.5. The fraction of sp³-hybridized carbons (Fsp3) is 0.959. The predicted octanol–water partition coefficient (Wildman–Crippen LogP) is 21.3. The highest BCUT2D eigenvalue weighted by atomic mass is 16.7. The van der Waals surface area contributed by atoms with Gasteiger partial charge in [0.05, 0.1) is 40.3 Å². The van der Waals surface area contributed by atoms with Crippen LogP contribution in [0.5, 0.6) is 0 Å². The Balaban J connectivity index is 3.97. The van der Waals surface area contributed by atoms with E-state index in [9.17, 15) is 19.5 Å². The van der Waals surface area contributed by atoms with E-state index >= 15 is 0 Å². The molecule has 488 valence electrons. The van der Waals surface area contributed by atoms with Crippen molar-refractivity contribution in [1.82, 2.24) is 0 Å². The van der Waals surface area contributed by atoms with E-state index in [4.69, 9.17) is 18.9 Å². The largest absolute Gasteiger partial charge is 0.545 e. The molecule has 9 heteroatoms. The Labute approximate surface area is 511 Å². The molecule has 0 N–H and O–H groups in total. The highest BCUT2D eigenvalue weighted by molar-refractivity contribution is 5.70. The zero-order valence-corrected chi connectivity index (χ0v) is 55.9. The van der Waals surface area contributed by atoms with Gasteiger partial charge in [0.1, 0.15) is 13.2 Å². The van der Waals surface area contributed by atoms with Crippen LogP contribution in [-0.2, 0) is 33.3 Å². The van der Waals surface area contributed by atoms with E-state index in [0.717, 1.165) is 38.5 Å². The molecule has 0 aliphatic carbocycles. The van der Waals surface area contributed by atoms with Crippen LogP contribution in [0.3, 0.4) is 0 Å². The van der Waals surface area contributed by atoms with Crippen molar-refractivity contribution >= 4 is 17.9 Å². The molecule has 2 unspecified atom stereocenters. The average Bonchev–Trinajstić information content (AvgIpc) is 3.45. The number of carbonyl (C=O) groups is 3. The molecule has 0 aliphatic rings. The van der Waals surface area contributed by atoms with Gasteiger partial charge in [-0.3, -0.25) is 9.59 Å². The van der Waals surface area contributed by atoms with Crippen LogP contribution in [0.25, 0.3) is 0 Å². The quantitative estimate of drug-likeness (QED) is 0.0256. The smallest absolute Gasteiger partial charge is 0.306 e. The number of aliphatic carboxylic acids is 1. The molecule has 0 aromatic carbocycles. The zero-order chi connectivity index (χ0) is 59.8. The molecule has 0 aliphatic heterocycles. The van der Waals surface area contributed by atoms with Gasteiger partial charge >= 0.3 is 11.9 Å². The lowest BCUT2D eigenvalue weighted by Gasteiger charge is -2.26. The number of rotatable bonds is 70. The van der Waals surface area contributed by atoms with Gasteiger partial charge in [-0.1, -0.05) is 367 Å². The van der Waals surface area contributed by atoms with Crippen molar-refractivity contribution in [3.05, 3.63) is 0 Å². The minimum Gasteiger partial charge on any atom is -0.545 e. The van der Waals surface area contributed by atoms with E-state index in [1.165, 1.54) is 327 Å². The van der Waals surface area contributed by atoms with Crippen molar-refractivity contribution in [3.63, 3.8) is 0 Å². The molecule has 0 spiro atoms. The predicted molar refractivity (Wildman–Crippen MR) is 348 cm³/mol. The van der Waals surface area contributed by atoms with E-state index in [1.54, 1.807) is 0 Å². The Hall–Kier alpha value is -1.71. The Bertz CT molecular complexity index is 1300. The van der Waals surface area contributed by atoms with Gasteiger partial charge in [0, 0.05) is 12.8 Å². The average molecular weight is 1160 g/mol. The normalized spacial score (nSPS) is 12.5. The summed E-state index contributed by atoms with van der Waals surface area (Å²) in [5.41, 5.74) is 0. The Morgan fingerprint density at radius 2 is 0.549 bits per heavy atom. The van der Waals surface area contributed by atoms with Crippen molar-refractivity contribution < 1.29 is 42.9 Å². The molecule has 0 saturated carbocycles. The lowest BCUT2D eigenvalue weighted by atomic mass is 10.0. The van der Waals surface area contributed by atoms with Crippen LogP contribution in [0.2, 0.25) is 0 Å². The van der Waals surface area contributed by atoms with Gasteiger partial charge in [0.2, 0.25) is 0 Å². The molecule has 0 bridgehead atoms. The first-order valence-corrected chi connectivity index (χ1v) is 36.7. The molecule has 0 aromatic heterocycles. The third-order valence-electron chi connectivity index (χ3n) is 17.1. The maximum absolute atomic E-state index is 12.9. The molecule has 9 nitrogen and oxygen atoms in total. The number of nitrogens with zero attached hydrogens (tertiary/aromatic N) is 1. The zero-order valence-electron chi connectivity index (χ0n) is 55.9. The number of esters is 2. The van der Waals surface area contributed by atoms with Gasteiger partial charge in [0.25, 0.3) is 0 Å². The van der Waals surface area contributed by atoms with Crippen LogP contribution in [-0.4, -0.2) is 82.3 Å². The highest BCUT2D eigenvalue weighted by Crippen LogP contribution is 2.20. The number of unbranched alkanes of at least 4 members (excludes halogenated alkanes) is 55. The number of ether oxygens (including phenoxy) is 4. The standard InChI is InChI=1S/C73H143NO8/c1-6-8-10-12-14-16-18-20-22-24-26-28-30-31-32-33-34-35-36-37-38-39-40-41-42-44-46-48-50-52-54-56-58-60-62-64-71(76)82-69(68-81-73(72(77)78)79-66-65-74(3,4)5)67-80-70(75)63-61-59-57-55-53-51-49-47-45-43-29-27-25-23-21-19-17-15-13-11-9-7-2/h69,73H,6-68H2,1-5H3. The van der Waals surface area contributed by atoms with Crippen molar-refractivity contribution in [3.8, 4) is 0 Å². The van der Waals surface area contributed by atoms with E-state index in [2.05, 4.69) is 13.8 Å². The summed E-state index contributed by atoms with van der Waals surface area (Å²) < 4.78 is 22.8. The molecule has 0 saturated heterocycles. The number of carboxylic acids is 1. The minimum absolute atomic E-state index is 0.154. The second-order valence-electron chi connectivity index (χ2n) is 26.6. The number of likely N-dealkylation sites (N-methyl/N-ethyl adjacent to an activating group) is 1. The number of hydrogen-bond acceptors (Lipinski definition) is 8. The Morgan fingerprint density at radius 3 is 0.780 bits per heavy atom. The third-order valence-corrected chi connectivity index (χ3v) is 17.1. The first-order chi connectivity index (χ1) is 40.1. The van der Waals surface area contributed by atoms with Crippen molar-refractivity contribution in [1.29, 1.82) is 0 Å². The molecular formula is C73H143NO8. The van der Waals surface area contributed by atoms with Gasteiger partial charge in [-0.2, -0.15) is 0 Å². The van der Waals surface area contributed by atoms with Gasteiger partial charge in [-0.25, -0.2) is 0 Å². The van der Waals surface area contributed by atoms with Crippen LogP contribution in [0.15, 0.2) is 0 Å². The summed E-state index contributed by atoms with van der Waals surface area (Å²) >= 11 is 0. The summed E-state index contributed by atoms with van der Waals surface area (Å²) in [6.07, 6.45) is 75.0. The summed E-state index contributed by atoms with van der Waals surface area (Å²) in [6, 6.07) is 0. The van der Waals surface area contributed by atoms with E-state index in [0.29, 0.717) is 17.4 Å². The molecule has 0 fully saturated rings. The molecule has 0 heterocycles. The fourth-order valence-electron chi connectivity index (χ4n) is 11.5. The van der Waals surface area contributed by atoms with Crippen LogP contribution >= 0.6 is 0 Å². The van der Waals surface area contributed by atoms with E-state index in [1.807, 2.05) is 21.1 Å². The maximum Gasteiger partial charge on any atom is 0.306 e. The topological polar surface area (TPSA) is 111 Å². The SMILES string of the molecule is CCCCCCCCCCCCCCCCCCCCCCCCCCCCCCCCCCCCCC(=O)OC(COC(=O)CCCCCCCCCCCCCCCCCCCCCCCC)COC(OCC[N+](C)(C)C)C(=O)[O-]. The Kier molecular flexibility index (Phi) is 63.9. The van der Waals surface area contributed by atoms with E-state index in [-0.39, 0.29) is 32.2 Å². The van der Waals surface area contributed by atoms with Gasteiger partial charge in [-0.15, -0.1) is 0 Å². The maximum atomic E-state index is 12.9. The van der Waals surface area contributed by atoms with E-state index < -0.39 is 24.3 Å². The van der Waals surface area contributed by atoms with Crippen molar-refractivity contribution in [2.45, 2.75) is 405 Å². The fourth-order valence-corrected chi connectivity index (χ4v) is 11.5. The van der Waals surface area contributed by atoms with Crippen LogP contribution in [0.1, 0.15) is 393 Å². The number of carbonyl (C=O) groups excluding carboxylic acids is 3. The lowest BCUT2D eigenvalue weighted by molar-refractivity contribution is -0.870. The Morgan fingerprint density at radius 1 is 0.317 bits per heavy atom. The second kappa shape index (κ2) is 65.3. The second-order valence-corrected chi connectivity index (χ2v) is 26.6. The van der Waals surface area contributed by atoms with Crippen LogP contribution in [0.4, 0.5) is 0 Å². The number of quaternary nitrogens is 1. The molecule has 0 aromatic rings. The minimum atomic E-state index is -1.62.